The van der Waals surface area contributed by atoms with E-state index in [0.717, 1.165) is 29.4 Å². The molecule has 0 radical (unpaired) electrons. The number of ether oxygens (including phenoxy) is 2. The maximum atomic E-state index is 11.5. The van der Waals surface area contributed by atoms with Crippen molar-refractivity contribution in [1.29, 1.82) is 0 Å². The van der Waals surface area contributed by atoms with Gasteiger partial charge >= 0.3 is 0 Å². The van der Waals surface area contributed by atoms with Crippen molar-refractivity contribution < 1.29 is 14.3 Å². The van der Waals surface area contributed by atoms with E-state index in [2.05, 4.69) is 33.7 Å². The Hall–Kier alpha value is -3.90. The Bertz CT molecular complexity index is 1150. The molecule has 1 aromatic carbocycles. The van der Waals surface area contributed by atoms with E-state index in [-0.39, 0.29) is 24.1 Å². The van der Waals surface area contributed by atoms with Crippen molar-refractivity contribution in [2.24, 2.45) is 0 Å². The molecule has 1 aliphatic rings. The van der Waals surface area contributed by atoms with Crippen LogP contribution in [0.5, 0.6) is 11.5 Å². The van der Waals surface area contributed by atoms with E-state index >= 15 is 0 Å². The van der Waals surface area contributed by atoms with E-state index in [1.165, 1.54) is 12.4 Å². The Morgan fingerprint density at radius 1 is 1.23 bits per heavy atom. The van der Waals surface area contributed by atoms with Crippen molar-refractivity contribution in [3.05, 3.63) is 54.6 Å². The topological polar surface area (TPSA) is 126 Å². The first-order valence-electron chi connectivity index (χ1n) is 9.47. The molecule has 3 aromatic rings. The van der Waals surface area contributed by atoms with E-state index in [1.807, 2.05) is 16.8 Å². The molecule has 0 spiro atoms. The lowest BCUT2D eigenvalue weighted by molar-refractivity contribution is -0.117. The number of carbonyl (C=O) groups is 1. The number of aromatic nitrogens is 4. The van der Waals surface area contributed by atoms with Gasteiger partial charge in [0.1, 0.15) is 23.5 Å². The molecule has 4 N–H and O–H groups in total. The van der Waals surface area contributed by atoms with Gasteiger partial charge in [-0.15, -0.1) is 0 Å². The predicted octanol–water partition coefficient (Wildman–Crippen LogP) is 2.41. The summed E-state index contributed by atoms with van der Waals surface area (Å²) in [4.78, 5) is 20.0. The molecule has 9 heteroatoms. The summed E-state index contributed by atoms with van der Waals surface area (Å²) in [6.07, 6.45) is 6.06. The van der Waals surface area contributed by atoms with E-state index in [4.69, 9.17) is 14.6 Å². The zero-order valence-corrected chi connectivity index (χ0v) is 17.5. The predicted molar refractivity (Wildman–Crippen MR) is 116 cm³/mol. The van der Waals surface area contributed by atoms with Crippen LogP contribution in [0, 0.1) is 11.8 Å². The highest BCUT2D eigenvalue weighted by molar-refractivity contribution is 5.87. The van der Waals surface area contributed by atoms with Gasteiger partial charge in [-0.25, -0.2) is 14.6 Å². The molecule has 0 bridgehead atoms. The third-order valence-corrected chi connectivity index (χ3v) is 5.04. The molecule has 1 aliphatic carbocycles. The lowest BCUT2D eigenvalue weighted by atomic mass is 9.87. The van der Waals surface area contributed by atoms with Crippen LogP contribution in [0.2, 0.25) is 0 Å². The number of amides is 1. The summed E-state index contributed by atoms with van der Waals surface area (Å²) in [7, 11) is 3.20. The standard InChI is InChI=1S/C22H21N5O3.H3N/c1-4-21(28)25-15-9-16(10-15)27-22-19(12-23-13-24-22)20(26-27)6-5-14-7-17(29-2)11-18(8-14)30-3;/h4,7-8,11-13,15-16H,1,9-10H2,2-3H3,(H,25,28);1H3. The molecule has 2 aromatic heterocycles. The van der Waals surface area contributed by atoms with Gasteiger partial charge in [-0.05, 0) is 37.0 Å². The highest BCUT2D eigenvalue weighted by atomic mass is 16.5. The lowest BCUT2D eigenvalue weighted by Gasteiger charge is -2.35. The van der Waals surface area contributed by atoms with Crippen molar-refractivity contribution in [2.45, 2.75) is 24.9 Å². The highest BCUT2D eigenvalue weighted by Crippen LogP contribution is 2.34. The average Bonchev–Trinajstić information content (AvgIpc) is 3.12. The minimum absolute atomic E-state index is 0. The summed E-state index contributed by atoms with van der Waals surface area (Å²) in [6.45, 7) is 3.48. The molecular formula is C22H24N6O3. The smallest absolute Gasteiger partial charge is 0.243 e. The van der Waals surface area contributed by atoms with Crippen LogP contribution in [0.4, 0.5) is 0 Å². The fourth-order valence-electron chi connectivity index (χ4n) is 3.41. The van der Waals surface area contributed by atoms with Gasteiger partial charge in [0.2, 0.25) is 5.91 Å². The maximum absolute atomic E-state index is 11.5. The lowest BCUT2D eigenvalue weighted by Crippen LogP contribution is -2.44. The van der Waals surface area contributed by atoms with Gasteiger partial charge in [-0.1, -0.05) is 12.5 Å². The zero-order valence-electron chi connectivity index (χ0n) is 17.5. The molecule has 9 nitrogen and oxygen atoms in total. The molecule has 0 atom stereocenters. The van der Waals surface area contributed by atoms with Gasteiger partial charge in [-0.2, -0.15) is 5.10 Å². The number of benzene rings is 1. The number of rotatable bonds is 5. The van der Waals surface area contributed by atoms with Crippen molar-refractivity contribution in [3.63, 3.8) is 0 Å². The monoisotopic (exact) mass is 420 g/mol. The van der Waals surface area contributed by atoms with Gasteiger partial charge in [0.05, 0.1) is 25.6 Å². The number of nitrogens with zero attached hydrogens (tertiary/aromatic N) is 4. The Morgan fingerprint density at radius 2 is 1.94 bits per heavy atom. The van der Waals surface area contributed by atoms with Crippen LogP contribution in [0.1, 0.15) is 30.1 Å². The second kappa shape index (κ2) is 9.28. The van der Waals surface area contributed by atoms with E-state index in [0.29, 0.717) is 17.2 Å². The van der Waals surface area contributed by atoms with Crippen LogP contribution in [-0.2, 0) is 4.79 Å². The first-order valence-corrected chi connectivity index (χ1v) is 9.47. The van der Waals surface area contributed by atoms with Crippen LogP contribution in [0.3, 0.4) is 0 Å². The Morgan fingerprint density at radius 3 is 2.58 bits per heavy atom. The molecular weight excluding hydrogens is 396 g/mol. The first-order chi connectivity index (χ1) is 14.6. The normalized spacial score (nSPS) is 16.8. The molecule has 0 unspecified atom stereocenters. The summed E-state index contributed by atoms with van der Waals surface area (Å²) >= 11 is 0. The Labute approximate surface area is 180 Å². The summed E-state index contributed by atoms with van der Waals surface area (Å²) in [5.41, 5.74) is 2.09. The highest BCUT2D eigenvalue weighted by Gasteiger charge is 2.33. The zero-order chi connectivity index (χ0) is 21.1. The molecule has 0 saturated heterocycles. The van der Waals surface area contributed by atoms with Crippen molar-refractivity contribution >= 4 is 16.9 Å². The summed E-state index contributed by atoms with van der Waals surface area (Å²) in [5, 5.41) is 8.39. The van der Waals surface area contributed by atoms with Gasteiger partial charge in [0.15, 0.2) is 5.65 Å². The van der Waals surface area contributed by atoms with E-state index in [1.54, 1.807) is 26.5 Å². The Balaban J connectivity index is 0.00000272. The van der Waals surface area contributed by atoms with Crippen LogP contribution >= 0.6 is 0 Å². The molecule has 1 amide bonds. The SMILES string of the molecule is C=CC(=O)NC1CC(n2nc(C#Cc3cc(OC)cc(OC)c3)c3cncnc32)C1.N. The number of methoxy groups -OCH3 is 2. The third kappa shape index (κ3) is 4.49. The van der Waals surface area contributed by atoms with Gasteiger partial charge in [0.25, 0.3) is 0 Å². The fraction of sp³-hybridized carbons (Fsp3) is 0.273. The average molecular weight is 420 g/mol. The van der Waals surface area contributed by atoms with E-state index in [9.17, 15) is 4.79 Å². The first kappa shape index (κ1) is 21.8. The van der Waals surface area contributed by atoms with Gasteiger partial charge in [-0.3, -0.25) is 4.79 Å². The van der Waals surface area contributed by atoms with Crippen LogP contribution in [0.15, 0.2) is 43.4 Å². The van der Waals surface area contributed by atoms with Gasteiger partial charge in [0, 0.05) is 23.9 Å². The number of hydrogen-bond donors (Lipinski definition) is 2. The second-order valence-corrected chi connectivity index (χ2v) is 6.94. The van der Waals surface area contributed by atoms with Gasteiger partial charge < -0.3 is 20.9 Å². The molecule has 31 heavy (non-hydrogen) atoms. The third-order valence-electron chi connectivity index (χ3n) is 5.04. The summed E-state index contributed by atoms with van der Waals surface area (Å²) < 4.78 is 12.5. The fourth-order valence-corrected chi connectivity index (χ4v) is 3.41. The van der Waals surface area contributed by atoms with Crippen LogP contribution in [0.25, 0.3) is 11.0 Å². The molecule has 0 aliphatic heterocycles. The molecule has 1 fully saturated rings. The van der Waals surface area contributed by atoms with Crippen LogP contribution < -0.4 is 20.9 Å². The summed E-state index contributed by atoms with van der Waals surface area (Å²) in [5.74, 6) is 7.42. The quantitative estimate of drug-likeness (QED) is 0.479. The molecule has 4 rings (SSSR count). The van der Waals surface area contributed by atoms with Crippen LogP contribution in [-0.4, -0.2) is 45.9 Å². The Kier molecular flexibility index (Phi) is 6.52. The second-order valence-electron chi connectivity index (χ2n) is 6.94. The van der Waals surface area contributed by atoms with Crippen molar-refractivity contribution in [3.8, 4) is 23.3 Å². The summed E-state index contributed by atoms with van der Waals surface area (Å²) in [6, 6.07) is 5.72. The molecule has 2 heterocycles. The minimum Gasteiger partial charge on any atom is -0.497 e. The van der Waals surface area contributed by atoms with E-state index < -0.39 is 0 Å². The molecule has 1 saturated carbocycles. The van der Waals surface area contributed by atoms with Crippen molar-refractivity contribution in [1.82, 2.24) is 31.2 Å². The number of nitrogens with one attached hydrogen (secondary N) is 1. The minimum atomic E-state index is -0.161. The molecule has 160 valence electrons. The maximum Gasteiger partial charge on any atom is 0.243 e. The largest absolute Gasteiger partial charge is 0.497 e. The number of hydrogen-bond acceptors (Lipinski definition) is 7. The number of fused-ring (bicyclic) bond motifs is 1. The van der Waals surface area contributed by atoms with Crippen molar-refractivity contribution in [2.75, 3.05) is 14.2 Å². The number of carbonyl (C=O) groups excluding carboxylic acids is 1.